The predicted octanol–water partition coefficient (Wildman–Crippen LogP) is 5.89. The van der Waals surface area contributed by atoms with E-state index >= 15 is 0 Å². The van der Waals surface area contributed by atoms with Crippen molar-refractivity contribution in [3.63, 3.8) is 0 Å². The van der Waals surface area contributed by atoms with Gasteiger partial charge >= 0.3 is 7.82 Å². The minimum absolute atomic E-state index is 0.329. The van der Waals surface area contributed by atoms with Crippen LogP contribution >= 0.6 is 19.6 Å². The third-order valence-corrected chi connectivity index (χ3v) is 6.73. The van der Waals surface area contributed by atoms with Crippen LogP contribution in [0.25, 0.3) is 0 Å². The summed E-state index contributed by atoms with van der Waals surface area (Å²) >= 11 is 1.64. The lowest BCUT2D eigenvalue weighted by Gasteiger charge is -2.32. The van der Waals surface area contributed by atoms with Gasteiger partial charge in [-0.15, -0.1) is 11.8 Å². The normalized spacial score (nSPS) is 13.0. The summed E-state index contributed by atoms with van der Waals surface area (Å²) in [7, 11) is -1.28. The van der Waals surface area contributed by atoms with Crippen LogP contribution in [0.1, 0.15) is 104 Å². The first kappa shape index (κ1) is 34.5. The minimum Gasteiger partial charge on any atom is -0.384 e. The summed E-state index contributed by atoms with van der Waals surface area (Å²) in [6.45, 7) is 5.36. The zero-order valence-electron chi connectivity index (χ0n) is 21.0. The van der Waals surface area contributed by atoms with Crippen LogP contribution in [0.2, 0.25) is 0 Å². The summed E-state index contributed by atoms with van der Waals surface area (Å²) < 4.78 is 19.4. The molecule has 0 bridgehead atoms. The quantitative estimate of drug-likeness (QED) is 0.0872. The van der Waals surface area contributed by atoms with Gasteiger partial charge in [0.2, 0.25) is 0 Å². The van der Waals surface area contributed by atoms with Crippen molar-refractivity contribution in [2.75, 3.05) is 33.2 Å². The largest absolute Gasteiger partial charge is 0.466 e. The Morgan fingerprint density at radius 2 is 1.06 bits per heavy atom. The fourth-order valence-corrected chi connectivity index (χ4v) is 4.67. The highest BCUT2D eigenvalue weighted by Crippen LogP contribution is 2.31. The van der Waals surface area contributed by atoms with Crippen LogP contribution in [-0.4, -0.2) is 58.4 Å². The maximum absolute atomic E-state index is 10.4. The molecule has 0 radical (unpaired) electrons. The number of ether oxygens (including phenoxy) is 2. The molecule has 0 aromatic carbocycles. The van der Waals surface area contributed by atoms with Crippen LogP contribution in [0.5, 0.6) is 0 Å². The van der Waals surface area contributed by atoms with Gasteiger partial charge in [-0.05, 0) is 12.2 Å². The van der Waals surface area contributed by atoms with E-state index in [0.717, 1.165) is 5.75 Å². The first-order chi connectivity index (χ1) is 15.1. The third-order valence-electron chi connectivity index (χ3n) is 5.32. The van der Waals surface area contributed by atoms with Crippen molar-refractivity contribution in [3.8, 4) is 0 Å². The zero-order chi connectivity index (χ0) is 24.7. The summed E-state index contributed by atoms with van der Waals surface area (Å²) in [4.78, 5) is 21.6. The first-order valence-electron chi connectivity index (χ1n) is 12.2. The summed E-state index contributed by atoms with van der Waals surface area (Å²) in [5.41, 5.74) is -0.760. The fourth-order valence-electron chi connectivity index (χ4n) is 3.54. The summed E-state index contributed by atoms with van der Waals surface area (Å²) in [6.07, 6.45) is 19.4. The van der Waals surface area contributed by atoms with Crippen LogP contribution in [0.4, 0.5) is 0 Å². The molecule has 0 fully saturated rings. The number of hydrogen-bond donors (Lipinski definition) is 4. The van der Waals surface area contributed by atoms with Gasteiger partial charge in [-0.1, -0.05) is 97.3 Å². The SMILES string of the molecule is CCCCCCCCCCCCCCCCSC(O)C(C)(COC)COC.O=P(O)(O)O. The first-order valence-corrected chi connectivity index (χ1v) is 14.8. The Hall–Kier alpha value is 0.340. The summed E-state index contributed by atoms with van der Waals surface area (Å²) in [5, 5.41) is 10.4. The van der Waals surface area contributed by atoms with E-state index in [4.69, 9.17) is 28.7 Å². The highest BCUT2D eigenvalue weighted by atomic mass is 32.2. The number of aliphatic hydroxyl groups excluding tert-OH is 1. The molecule has 0 saturated carbocycles. The number of thioether (sulfide) groups is 1. The van der Waals surface area contributed by atoms with Gasteiger partial charge in [-0.2, -0.15) is 0 Å². The van der Waals surface area contributed by atoms with Gasteiger partial charge in [0, 0.05) is 19.6 Å². The molecular weight excluding hydrogens is 451 g/mol. The van der Waals surface area contributed by atoms with Gasteiger partial charge in [0.15, 0.2) is 0 Å². The van der Waals surface area contributed by atoms with Gasteiger partial charge in [-0.25, -0.2) is 4.57 Å². The predicted molar refractivity (Wildman–Crippen MR) is 135 cm³/mol. The second-order valence-electron chi connectivity index (χ2n) is 8.85. The molecule has 0 rings (SSSR count). The molecule has 0 spiro atoms. The number of phosphoric acid groups is 1. The van der Waals surface area contributed by atoms with E-state index in [1.807, 2.05) is 6.92 Å². The van der Waals surface area contributed by atoms with Crippen molar-refractivity contribution >= 4 is 19.6 Å². The number of hydrogen-bond acceptors (Lipinski definition) is 5. The van der Waals surface area contributed by atoms with Crippen molar-refractivity contribution < 1.29 is 33.8 Å². The monoisotopic (exact) mass is 502 g/mol. The van der Waals surface area contributed by atoms with Gasteiger partial charge in [0.25, 0.3) is 0 Å². The van der Waals surface area contributed by atoms with E-state index in [1.165, 1.54) is 89.9 Å². The Labute approximate surface area is 201 Å². The molecule has 0 aromatic heterocycles. The molecule has 9 heteroatoms. The van der Waals surface area contributed by atoms with Crippen molar-refractivity contribution in [1.29, 1.82) is 0 Å². The Bertz CT molecular complexity index is 420. The molecule has 0 heterocycles. The maximum atomic E-state index is 10.4. The number of unbranched alkanes of at least 4 members (excludes halogenated alkanes) is 13. The van der Waals surface area contributed by atoms with E-state index < -0.39 is 13.3 Å². The van der Waals surface area contributed by atoms with Gasteiger partial charge < -0.3 is 29.3 Å². The fraction of sp³-hybridized carbons (Fsp3) is 1.00. The van der Waals surface area contributed by atoms with Gasteiger partial charge in [0.05, 0.1) is 13.2 Å². The molecule has 1 atom stereocenters. The van der Waals surface area contributed by atoms with E-state index in [-0.39, 0.29) is 5.41 Å². The van der Waals surface area contributed by atoms with E-state index in [9.17, 15) is 5.11 Å². The third kappa shape index (κ3) is 26.6. The molecule has 0 saturated heterocycles. The van der Waals surface area contributed by atoms with E-state index in [0.29, 0.717) is 13.2 Å². The van der Waals surface area contributed by atoms with E-state index in [1.54, 1.807) is 26.0 Å². The van der Waals surface area contributed by atoms with Crippen LogP contribution in [-0.2, 0) is 14.0 Å². The topological polar surface area (TPSA) is 116 Å². The summed E-state index contributed by atoms with van der Waals surface area (Å²) in [6, 6.07) is 0. The molecule has 0 aliphatic rings. The number of rotatable bonds is 21. The molecule has 7 nitrogen and oxygen atoms in total. The van der Waals surface area contributed by atoms with E-state index in [2.05, 4.69) is 6.92 Å². The van der Waals surface area contributed by atoms with Crippen molar-refractivity contribution in [2.45, 2.75) is 109 Å². The van der Waals surface area contributed by atoms with Crippen LogP contribution in [0, 0.1) is 5.41 Å². The second kappa shape index (κ2) is 23.1. The standard InChI is InChI=1S/C23H48O3S.H3O4P/c1-5-6-7-8-9-10-11-12-13-14-15-16-17-18-19-27-22(24)23(2,20-25-3)21-26-4;1-5(2,3)4/h22,24H,5-21H2,1-4H3;(H3,1,2,3,4). The Kier molecular flexibility index (Phi) is 24.9. The second-order valence-corrected chi connectivity index (χ2v) is 11.1. The van der Waals surface area contributed by atoms with Gasteiger partial charge in [0.1, 0.15) is 5.44 Å². The van der Waals surface area contributed by atoms with Crippen molar-refractivity contribution in [3.05, 3.63) is 0 Å². The molecule has 4 N–H and O–H groups in total. The van der Waals surface area contributed by atoms with Crippen molar-refractivity contribution in [2.24, 2.45) is 5.41 Å². The smallest absolute Gasteiger partial charge is 0.384 e. The Morgan fingerprint density at radius 1 is 0.750 bits per heavy atom. The molecule has 1 unspecified atom stereocenters. The number of aliphatic hydroxyl groups is 1. The van der Waals surface area contributed by atoms with Crippen LogP contribution < -0.4 is 0 Å². The molecule has 0 amide bonds. The Balaban J connectivity index is 0. The Morgan fingerprint density at radius 3 is 1.38 bits per heavy atom. The van der Waals surface area contributed by atoms with Gasteiger partial charge in [-0.3, -0.25) is 0 Å². The van der Waals surface area contributed by atoms with Crippen molar-refractivity contribution in [1.82, 2.24) is 0 Å². The molecule has 196 valence electrons. The number of methoxy groups -OCH3 is 2. The molecule has 0 aromatic rings. The van der Waals surface area contributed by atoms with Crippen LogP contribution in [0.15, 0.2) is 0 Å². The molecular formula is C23H51O7PS. The lowest BCUT2D eigenvalue weighted by molar-refractivity contribution is -0.0273. The summed E-state index contributed by atoms with van der Waals surface area (Å²) in [5.74, 6) is 1.02. The molecule has 0 aliphatic heterocycles. The lowest BCUT2D eigenvalue weighted by atomic mass is 9.94. The minimum atomic E-state index is -4.64. The lowest BCUT2D eigenvalue weighted by Crippen LogP contribution is -2.38. The average Bonchev–Trinajstić information content (AvgIpc) is 2.70. The highest BCUT2D eigenvalue weighted by Gasteiger charge is 2.33. The average molecular weight is 503 g/mol. The molecule has 32 heavy (non-hydrogen) atoms. The zero-order valence-corrected chi connectivity index (χ0v) is 22.7. The highest BCUT2D eigenvalue weighted by molar-refractivity contribution is 7.99. The molecule has 0 aliphatic carbocycles. The van der Waals surface area contributed by atoms with Crippen LogP contribution in [0.3, 0.4) is 0 Å². The maximum Gasteiger partial charge on any atom is 0.466 e.